The van der Waals surface area contributed by atoms with Gasteiger partial charge in [0.15, 0.2) is 0 Å². The van der Waals surface area contributed by atoms with Crippen molar-refractivity contribution in [3.05, 3.63) is 62.8 Å². The lowest BCUT2D eigenvalue weighted by atomic mass is 10.1. The second-order valence-electron chi connectivity index (χ2n) is 7.68. The van der Waals surface area contributed by atoms with Crippen molar-refractivity contribution < 1.29 is 4.39 Å². The third-order valence-electron chi connectivity index (χ3n) is 4.57. The molecule has 7 heteroatoms. The average molecular weight is 386 g/mol. The molecule has 4 rings (SSSR count). The fraction of sp³-hybridized carbons (Fsp3) is 0.450. The molecule has 142 valence electrons. The lowest BCUT2D eigenvalue weighted by Gasteiger charge is -2.24. The highest BCUT2D eigenvalue weighted by Crippen LogP contribution is 2.41. The summed E-state index contributed by atoms with van der Waals surface area (Å²) in [6.07, 6.45) is 2.31. The van der Waals surface area contributed by atoms with E-state index in [1.54, 1.807) is 18.2 Å². The molecule has 2 aromatic heterocycles. The Morgan fingerprint density at radius 2 is 2.00 bits per heavy atom. The lowest BCUT2D eigenvalue weighted by Crippen LogP contribution is -2.28. The molecule has 0 atom stereocenters. The van der Waals surface area contributed by atoms with E-state index >= 15 is 0 Å². The molecular formula is C20H23FN4OS. The summed E-state index contributed by atoms with van der Waals surface area (Å²) in [4.78, 5) is 20.1. The topological polar surface area (TPSA) is 50.5 Å². The van der Waals surface area contributed by atoms with Crippen LogP contribution in [0.5, 0.6) is 0 Å². The number of nitrogens with zero attached hydrogens (tertiary/aromatic N) is 4. The van der Waals surface area contributed by atoms with E-state index in [-0.39, 0.29) is 11.4 Å². The van der Waals surface area contributed by atoms with Gasteiger partial charge in [0.2, 0.25) is 4.96 Å². The van der Waals surface area contributed by atoms with Gasteiger partial charge in [-0.2, -0.15) is 9.61 Å². The molecule has 0 saturated heterocycles. The van der Waals surface area contributed by atoms with Crippen molar-refractivity contribution in [1.82, 2.24) is 19.5 Å². The van der Waals surface area contributed by atoms with E-state index in [1.165, 1.54) is 28.0 Å². The standard InChI is InChI=1S/C20H23FN4OS/c1-13(2)10-24(11-14-3-7-16(21)8-4-14)12-17-9-18(26)25-20(22-17)27-19(23-25)15-5-6-15/h3-4,7-9,13,15H,5-6,10-12H2,1-2H3. The Bertz CT molecular complexity index is 991. The minimum atomic E-state index is -0.231. The fourth-order valence-electron chi connectivity index (χ4n) is 3.23. The van der Waals surface area contributed by atoms with Gasteiger partial charge < -0.3 is 0 Å². The first-order valence-corrected chi connectivity index (χ1v) is 10.2. The Morgan fingerprint density at radius 1 is 1.26 bits per heavy atom. The van der Waals surface area contributed by atoms with Gasteiger partial charge >= 0.3 is 0 Å². The second kappa shape index (κ2) is 7.48. The molecule has 0 N–H and O–H groups in total. The summed E-state index contributed by atoms with van der Waals surface area (Å²) in [6.45, 7) is 6.46. The maximum absolute atomic E-state index is 13.2. The fourth-order valence-corrected chi connectivity index (χ4v) is 4.32. The highest BCUT2D eigenvalue weighted by molar-refractivity contribution is 7.16. The molecule has 0 spiro atoms. The van der Waals surface area contributed by atoms with Gasteiger partial charge in [0, 0.05) is 31.6 Å². The maximum Gasteiger partial charge on any atom is 0.275 e. The first-order valence-electron chi connectivity index (χ1n) is 9.34. The normalized spacial score (nSPS) is 14.6. The molecule has 1 fully saturated rings. The Kier molecular flexibility index (Phi) is 5.06. The zero-order chi connectivity index (χ0) is 19.0. The van der Waals surface area contributed by atoms with Gasteiger partial charge in [0.05, 0.1) is 5.69 Å². The van der Waals surface area contributed by atoms with Crippen LogP contribution >= 0.6 is 11.3 Å². The Hall–Kier alpha value is -2.12. The third-order valence-corrected chi connectivity index (χ3v) is 5.64. The number of benzene rings is 1. The quantitative estimate of drug-likeness (QED) is 0.619. The molecule has 5 nitrogen and oxygen atoms in total. The molecule has 3 aromatic rings. The van der Waals surface area contributed by atoms with Crippen molar-refractivity contribution >= 4 is 16.3 Å². The van der Waals surface area contributed by atoms with Crippen LogP contribution < -0.4 is 5.56 Å². The lowest BCUT2D eigenvalue weighted by molar-refractivity contribution is 0.225. The molecule has 1 saturated carbocycles. The molecule has 27 heavy (non-hydrogen) atoms. The first-order chi connectivity index (χ1) is 13.0. The number of fused-ring (bicyclic) bond motifs is 1. The van der Waals surface area contributed by atoms with Crippen LogP contribution in [0.15, 0.2) is 35.1 Å². The number of hydrogen-bond donors (Lipinski definition) is 0. The van der Waals surface area contributed by atoms with Crippen molar-refractivity contribution in [2.45, 2.75) is 45.7 Å². The van der Waals surface area contributed by atoms with Crippen molar-refractivity contribution in [2.75, 3.05) is 6.54 Å². The number of hydrogen-bond acceptors (Lipinski definition) is 5. The van der Waals surface area contributed by atoms with E-state index < -0.39 is 0 Å². The summed E-state index contributed by atoms with van der Waals surface area (Å²) in [5.41, 5.74) is 1.68. The Labute approximate surface area is 161 Å². The third kappa shape index (κ3) is 4.42. The van der Waals surface area contributed by atoms with Gasteiger partial charge in [-0.3, -0.25) is 9.69 Å². The van der Waals surface area contributed by atoms with E-state index in [0.717, 1.165) is 35.7 Å². The highest BCUT2D eigenvalue weighted by Gasteiger charge is 2.28. The zero-order valence-electron chi connectivity index (χ0n) is 15.6. The van der Waals surface area contributed by atoms with Gasteiger partial charge in [-0.1, -0.05) is 37.3 Å². The van der Waals surface area contributed by atoms with Gasteiger partial charge in [-0.15, -0.1) is 0 Å². The molecule has 0 radical (unpaired) electrons. The smallest absolute Gasteiger partial charge is 0.275 e. The molecule has 1 aromatic carbocycles. The monoisotopic (exact) mass is 386 g/mol. The number of aromatic nitrogens is 3. The minimum Gasteiger partial charge on any atom is -0.293 e. The predicted molar refractivity (Wildman–Crippen MR) is 104 cm³/mol. The maximum atomic E-state index is 13.2. The second-order valence-corrected chi connectivity index (χ2v) is 8.67. The van der Waals surface area contributed by atoms with Crippen molar-refractivity contribution in [3.8, 4) is 0 Å². The molecule has 1 aliphatic carbocycles. The van der Waals surface area contributed by atoms with Crippen molar-refractivity contribution in [2.24, 2.45) is 5.92 Å². The molecule has 0 aliphatic heterocycles. The van der Waals surface area contributed by atoms with Crippen LogP contribution in [0.1, 0.15) is 48.9 Å². The Balaban J connectivity index is 1.57. The molecule has 0 bridgehead atoms. The largest absolute Gasteiger partial charge is 0.293 e. The average Bonchev–Trinajstić information content (AvgIpc) is 3.36. The van der Waals surface area contributed by atoms with E-state index in [2.05, 4.69) is 28.8 Å². The van der Waals surface area contributed by atoms with Crippen LogP contribution in [0.3, 0.4) is 0 Å². The summed E-state index contributed by atoms with van der Waals surface area (Å²) < 4.78 is 14.6. The van der Waals surface area contributed by atoms with Crippen LogP contribution in [0.25, 0.3) is 4.96 Å². The summed E-state index contributed by atoms with van der Waals surface area (Å²) in [6, 6.07) is 8.16. The summed E-state index contributed by atoms with van der Waals surface area (Å²) in [5, 5.41) is 5.45. The van der Waals surface area contributed by atoms with E-state index in [0.29, 0.717) is 29.9 Å². The SMILES string of the molecule is CC(C)CN(Cc1ccc(F)cc1)Cc1cc(=O)n2nc(C3CC3)sc2n1. The highest BCUT2D eigenvalue weighted by atomic mass is 32.1. The number of halogens is 1. The van der Waals surface area contributed by atoms with Gasteiger partial charge in [0.25, 0.3) is 5.56 Å². The molecule has 2 heterocycles. The van der Waals surface area contributed by atoms with Crippen molar-refractivity contribution in [3.63, 3.8) is 0 Å². The van der Waals surface area contributed by atoms with Gasteiger partial charge in [-0.25, -0.2) is 9.37 Å². The predicted octanol–water partition coefficient (Wildman–Crippen LogP) is 3.83. The van der Waals surface area contributed by atoms with Crippen molar-refractivity contribution in [1.29, 1.82) is 0 Å². The van der Waals surface area contributed by atoms with Crippen LogP contribution in [-0.4, -0.2) is 26.0 Å². The van der Waals surface area contributed by atoms with Gasteiger partial charge in [-0.05, 0) is 36.5 Å². The van der Waals surface area contributed by atoms with E-state index in [4.69, 9.17) is 0 Å². The van der Waals surface area contributed by atoms with Gasteiger partial charge in [0.1, 0.15) is 10.8 Å². The zero-order valence-corrected chi connectivity index (χ0v) is 16.4. The minimum absolute atomic E-state index is 0.121. The molecule has 1 aliphatic rings. The van der Waals surface area contributed by atoms with E-state index in [9.17, 15) is 9.18 Å². The summed E-state index contributed by atoms with van der Waals surface area (Å²) >= 11 is 1.52. The Morgan fingerprint density at radius 3 is 2.67 bits per heavy atom. The molecule has 0 amide bonds. The van der Waals surface area contributed by atoms with Crippen LogP contribution in [0, 0.1) is 11.7 Å². The summed E-state index contributed by atoms with van der Waals surface area (Å²) in [5.74, 6) is 0.751. The van der Waals surface area contributed by atoms with Crippen LogP contribution in [0.4, 0.5) is 4.39 Å². The summed E-state index contributed by atoms with van der Waals surface area (Å²) in [7, 11) is 0. The van der Waals surface area contributed by atoms with E-state index in [1.807, 2.05) is 0 Å². The molecular weight excluding hydrogens is 363 g/mol. The molecule has 0 unspecified atom stereocenters. The number of rotatable bonds is 7. The van der Waals surface area contributed by atoms with Crippen LogP contribution in [-0.2, 0) is 13.1 Å². The first kappa shape index (κ1) is 18.3. The van der Waals surface area contributed by atoms with Crippen LogP contribution in [0.2, 0.25) is 0 Å².